The van der Waals surface area contributed by atoms with Gasteiger partial charge in [-0.2, -0.15) is 0 Å². The first-order valence-corrected chi connectivity index (χ1v) is 10.6. The molecule has 0 spiro atoms. The van der Waals surface area contributed by atoms with Gasteiger partial charge in [0.2, 0.25) is 0 Å². The number of ether oxygens (including phenoxy) is 1. The molecule has 0 radical (unpaired) electrons. The summed E-state index contributed by atoms with van der Waals surface area (Å²) in [6.45, 7) is 5.56. The smallest absolute Gasteiger partial charge is 0.266 e. The van der Waals surface area contributed by atoms with Gasteiger partial charge in [-0.1, -0.05) is 18.2 Å². The van der Waals surface area contributed by atoms with Crippen LogP contribution in [0.5, 0.6) is 5.75 Å². The molecule has 5 rings (SSSR count). The van der Waals surface area contributed by atoms with Crippen LogP contribution in [0.2, 0.25) is 0 Å². The molecule has 2 aromatic carbocycles. The summed E-state index contributed by atoms with van der Waals surface area (Å²) in [6, 6.07) is 5.57. The van der Waals surface area contributed by atoms with Crippen LogP contribution in [0.15, 0.2) is 24.3 Å². The summed E-state index contributed by atoms with van der Waals surface area (Å²) < 4.78 is 47.0. The van der Waals surface area contributed by atoms with Crippen molar-refractivity contribution in [2.45, 2.75) is 38.8 Å². The Kier molecular flexibility index (Phi) is 5.08. The molecule has 168 valence electrons. The maximum atomic E-state index is 14.7. The minimum absolute atomic E-state index is 0.125. The molecule has 6 nitrogen and oxygen atoms in total. The molecule has 1 aromatic heterocycles. The molecule has 3 N–H and O–H groups in total. The van der Waals surface area contributed by atoms with Crippen LogP contribution in [0.4, 0.5) is 24.7 Å². The predicted molar refractivity (Wildman–Crippen MR) is 117 cm³/mol. The summed E-state index contributed by atoms with van der Waals surface area (Å²) in [5.74, 6) is 1.02. The summed E-state index contributed by atoms with van der Waals surface area (Å²) in [7, 11) is 0. The Bertz CT molecular complexity index is 1200. The third-order valence-corrected chi connectivity index (χ3v) is 6.09. The third-order valence-electron chi connectivity index (χ3n) is 6.09. The van der Waals surface area contributed by atoms with Gasteiger partial charge in [-0.05, 0) is 19.9 Å². The molecule has 0 unspecified atom stereocenters. The first kappa shape index (κ1) is 20.8. The van der Waals surface area contributed by atoms with Gasteiger partial charge in [0.05, 0.1) is 29.4 Å². The Hall–Kier alpha value is -3.07. The van der Waals surface area contributed by atoms with Gasteiger partial charge in [-0.3, -0.25) is 0 Å². The average molecular weight is 443 g/mol. The van der Waals surface area contributed by atoms with E-state index in [0.29, 0.717) is 18.2 Å². The van der Waals surface area contributed by atoms with E-state index < -0.39 is 23.8 Å². The molecule has 1 atom stereocenters. The van der Waals surface area contributed by atoms with Crippen molar-refractivity contribution in [2.75, 3.05) is 29.9 Å². The maximum Gasteiger partial charge on any atom is 0.266 e. The Morgan fingerprint density at radius 3 is 2.69 bits per heavy atom. The molecule has 9 heteroatoms. The molecular weight excluding hydrogens is 419 g/mol. The molecule has 0 saturated carbocycles. The lowest BCUT2D eigenvalue weighted by molar-refractivity contribution is 0.146. The number of nitrogens with zero attached hydrogens (tertiary/aromatic N) is 3. The number of rotatable bonds is 5. The van der Waals surface area contributed by atoms with E-state index in [9.17, 15) is 13.2 Å². The molecule has 32 heavy (non-hydrogen) atoms. The molecule has 0 aliphatic carbocycles. The highest BCUT2D eigenvalue weighted by molar-refractivity contribution is 5.97. The van der Waals surface area contributed by atoms with E-state index in [1.54, 1.807) is 13.8 Å². The van der Waals surface area contributed by atoms with Gasteiger partial charge >= 0.3 is 0 Å². The molecule has 3 aromatic rings. The second-order valence-electron chi connectivity index (χ2n) is 8.40. The van der Waals surface area contributed by atoms with E-state index in [1.165, 1.54) is 12.1 Å². The number of anilines is 2. The van der Waals surface area contributed by atoms with E-state index in [2.05, 4.69) is 20.2 Å². The molecule has 1 saturated heterocycles. The van der Waals surface area contributed by atoms with Crippen molar-refractivity contribution in [3.05, 3.63) is 52.6 Å². The van der Waals surface area contributed by atoms with Gasteiger partial charge in [-0.25, -0.2) is 23.1 Å². The first-order chi connectivity index (χ1) is 15.3. The Balaban J connectivity index is 1.59. The topological polar surface area (TPSA) is 76.3 Å². The lowest BCUT2D eigenvalue weighted by atomic mass is 10.0. The Labute approximate surface area is 183 Å². The summed E-state index contributed by atoms with van der Waals surface area (Å²) in [5, 5.41) is 4.02. The van der Waals surface area contributed by atoms with Gasteiger partial charge in [0.25, 0.3) is 6.43 Å². The number of aromatic nitrogens is 2. The van der Waals surface area contributed by atoms with Crippen molar-refractivity contribution in [3.8, 4) is 5.75 Å². The number of fused-ring (bicyclic) bond motifs is 3. The van der Waals surface area contributed by atoms with Crippen molar-refractivity contribution in [1.29, 1.82) is 0 Å². The molecule has 0 amide bonds. The summed E-state index contributed by atoms with van der Waals surface area (Å²) in [6.07, 6.45) is -2.15. The van der Waals surface area contributed by atoms with Crippen molar-refractivity contribution in [1.82, 2.24) is 9.97 Å². The number of alkyl halides is 2. The minimum atomic E-state index is -2.88. The standard InChI is InChI=1S/C23H24F3N5O/c1-11(14-4-3-5-15(19(14)24)22(25)26)28-23-17-8-18(31-9-13(27)10-31)21-16(6-7-32-21)20(17)29-12(2)30-23/h3-5,8,11,13,22H,6-7,9-10,27H2,1-2H3,(H,28,29,30)/t11-/m1/s1. The number of hydrogen-bond donors (Lipinski definition) is 2. The van der Waals surface area contributed by atoms with Gasteiger partial charge in [0.15, 0.2) is 0 Å². The van der Waals surface area contributed by atoms with Crippen LogP contribution in [0.25, 0.3) is 10.9 Å². The quantitative estimate of drug-likeness (QED) is 0.613. The third kappa shape index (κ3) is 3.40. The number of aryl methyl sites for hydroxylation is 1. The fraction of sp³-hybridized carbons (Fsp3) is 0.391. The normalized spacial score (nSPS) is 16.8. The second-order valence-corrected chi connectivity index (χ2v) is 8.40. The van der Waals surface area contributed by atoms with Crippen LogP contribution in [0.3, 0.4) is 0 Å². The van der Waals surface area contributed by atoms with Gasteiger partial charge in [0, 0.05) is 42.1 Å². The maximum absolute atomic E-state index is 14.7. The molecule has 3 heterocycles. The number of halogens is 3. The Morgan fingerprint density at radius 1 is 1.22 bits per heavy atom. The number of benzene rings is 2. The highest BCUT2D eigenvalue weighted by atomic mass is 19.3. The van der Waals surface area contributed by atoms with Crippen LogP contribution < -0.4 is 20.7 Å². The molecule has 2 aliphatic heterocycles. The van der Waals surface area contributed by atoms with E-state index in [1.807, 2.05) is 6.07 Å². The van der Waals surface area contributed by atoms with E-state index in [4.69, 9.17) is 10.5 Å². The summed E-state index contributed by atoms with van der Waals surface area (Å²) in [4.78, 5) is 11.4. The number of nitrogens with two attached hydrogens (primary N) is 1. The summed E-state index contributed by atoms with van der Waals surface area (Å²) >= 11 is 0. The molecule has 1 fully saturated rings. The van der Waals surface area contributed by atoms with E-state index >= 15 is 0 Å². The van der Waals surface area contributed by atoms with Gasteiger partial charge in [0.1, 0.15) is 23.2 Å². The fourth-order valence-electron chi connectivity index (χ4n) is 4.47. The molecule has 0 bridgehead atoms. The molecule has 2 aliphatic rings. The number of nitrogens with one attached hydrogen (secondary N) is 1. The van der Waals surface area contributed by atoms with Gasteiger partial charge in [-0.15, -0.1) is 0 Å². The zero-order valence-electron chi connectivity index (χ0n) is 17.8. The highest BCUT2D eigenvalue weighted by Crippen LogP contribution is 2.44. The van der Waals surface area contributed by atoms with Gasteiger partial charge < -0.3 is 20.7 Å². The fourth-order valence-corrected chi connectivity index (χ4v) is 4.47. The lowest BCUT2D eigenvalue weighted by Gasteiger charge is -2.39. The zero-order valence-corrected chi connectivity index (χ0v) is 17.8. The van der Waals surface area contributed by atoms with Crippen molar-refractivity contribution >= 4 is 22.4 Å². The largest absolute Gasteiger partial charge is 0.491 e. The second kappa shape index (κ2) is 7.81. The van der Waals surface area contributed by atoms with Crippen LogP contribution in [0, 0.1) is 12.7 Å². The number of hydrogen-bond acceptors (Lipinski definition) is 6. The predicted octanol–water partition coefficient (Wildman–Crippen LogP) is 4.27. The van der Waals surface area contributed by atoms with Crippen LogP contribution in [-0.4, -0.2) is 35.7 Å². The zero-order chi connectivity index (χ0) is 22.6. The monoisotopic (exact) mass is 443 g/mol. The Morgan fingerprint density at radius 2 is 1.97 bits per heavy atom. The lowest BCUT2D eigenvalue weighted by Crippen LogP contribution is -2.55. The molecular formula is C23H24F3N5O. The van der Waals surface area contributed by atoms with Crippen molar-refractivity contribution in [3.63, 3.8) is 0 Å². The SMILES string of the molecule is Cc1nc(N[C@H](C)c2cccc(C(F)F)c2F)c2cc(N3CC(N)C3)c3c(c2n1)CCO3. The van der Waals surface area contributed by atoms with E-state index in [-0.39, 0.29) is 11.6 Å². The van der Waals surface area contributed by atoms with Crippen molar-refractivity contribution in [2.24, 2.45) is 5.73 Å². The van der Waals surface area contributed by atoms with E-state index in [0.717, 1.165) is 53.5 Å². The first-order valence-electron chi connectivity index (χ1n) is 10.6. The van der Waals surface area contributed by atoms with Crippen molar-refractivity contribution < 1.29 is 17.9 Å². The highest BCUT2D eigenvalue weighted by Gasteiger charge is 2.31. The summed E-state index contributed by atoms with van der Waals surface area (Å²) in [5.41, 5.74) is 8.29. The van der Waals surface area contributed by atoms with Crippen LogP contribution in [0.1, 0.15) is 41.9 Å². The minimum Gasteiger partial charge on any atom is -0.491 e. The van der Waals surface area contributed by atoms with Crippen LogP contribution >= 0.6 is 0 Å². The average Bonchev–Trinajstić information content (AvgIpc) is 3.21. The van der Waals surface area contributed by atoms with Crippen LogP contribution in [-0.2, 0) is 6.42 Å².